The van der Waals surface area contributed by atoms with Crippen LogP contribution in [0.4, 0.5) is 0 Å². The van der Waals surface area contributed by atoms with Gasteiger partial charge in [-0.05, 0) is 31.6 Å². The van der Waals surface area contributed by atoms with E-state index < -0.39 is 0 Å². The van der Waals surface area contributed by atoms with E-state index in [0.29, 0.717) is 23.7 Å². The van der Waals surface area contributed by atoms with Gasteiger partial charge in [-0.25, -0.2) is 4.68 Å². The first-order chi connectivity index (χ1) is 10.6. The standard InChI is InChI=1S/C16H24N4O2/c1-16(2)10-19(14(16)11-3-4-11)15(21)13-9-20(18-17-13)12-5-7-22-8-6-12/h9,11-12,14H,3-8,10H2,1-2H3. The first kappa shape index (κ1) is 14.2. The number of amides is 1. The summed E-state index contributed by atoms with van der Waals surface area (Å²) in [4.78, 5) is 14.7. The second-order valence-electron chi connectivity index (χ2n) is 7.63. The van der Waals surface area contributed by atoms with E-state index in [-0.39, 0.29) is 11.3 Å². The molecular weight excluding hydrogens is 280 g/mol. The maximum atomic E-state index is 12.7. The van der Waals surface area contributed by atoms with Crippen LogP contribution in [0, 0.1) is 11.3 Å². The third kappa shape index (κ3) is 2.33. The number of ether oxygens (including phenoxy) is 1. The Labute approximate surface area is 130 Å². The number of rotatable bonds is 3. The largest absolute Gasteiger partial charge is 0.381 e. The van der Waals surface area contributed by atoms with Crippen LogP contribution in [0.2, 0.25) is 0 Å². The Kier molecular flexibility index (Phi) is 3.25. The van der Waals surface area contributed by atoms with Gasteiger partial charge in [0.2, 0.25) is 0 Å². The van der Waals surface area contributed by atoms with Gasteiger partial charge < -0.3 is 9.64 Å². The fourth-order valence-electron chi connectivity index (χ4n) is 4.09. The fraction of sp³-hybridized carbons (Fsp3) is 0.812. The van der Waals surface area contributed by atoms with Crippen molar-refractivity contribution in [3.63, 3.8) is 0 Å². The van der Waals surface area contributed by atoms with E-state index >= 15 is 0 Å². The highest BCUT2D eigenvalue weighted by atomic mass is 16.5. The molecule has 3 fully saturated rings. The van der Waals surface area contributed by atoms with Crippen LogP contribution in [-0.2, 0) is 4.74 Å². The predicted molar refractivity (Wildman–Crippen MR) is 80.4 cm³/mol. The Hall–Kier alpha value is -1.43. The lowest BCUT2D eigenvalue weighted by Gasteiger charge is -2.54. The lowest BCUT2D eigenvalue weighted by Crippen LogP contribution is -2.64. The Morgan fingerprint density at radius 3 is 2.64 bits per heavy atom. The number of aromatic nitrogens is 3. The first-order valence-corrected chi connectivity index (χ1v) is 8.37. The molecule has 1 aromatic rings. The van der Waals surface area contributed by atoms with Crippen LogP contribution in [-0.4, -0.2) is 51.6 Å². The van der Waals surface area contributed by atoms with Crippen LogP contribution < -0.4 is 0 Å². The van der Waals surface area contributed by atoms with Crippen molar-refractivity contribution in [2.75, 3.05) is 19.8 Å². The average molecular weight is 304 g/mol. The van der Waals surface area contributed by atoms with Gasteiger partial charge in [0.25, 0.3) is 5.91 Å². The number of likely N-dealkylation sites (tertiary alicyclic amines) is 1. The lowest BCUT2D eigenvalue weighted by molar-refractivity contribution is -0.0412. The summed E-state index contributed by atoms with van der Waals surface area (Å²) in [6.07, 6.45) is 6.23. The maximum absolute atomic E-state index is 12.7. The highest BCUT2D eigenvalue weighted by Crippen LogP contribution is 2.50. The average Bonchev–Trinajstić information content (AvgIpc) is 3.18. The molecule has 1 atom stereocenters. The molecule has 1 unspecified atom stereocenters. The molecule has 1 saturated carbocycles. The van der Waals surface area contributed by atoms with E-state index in [1.807, 2.05) is 15.8 Å². The van der Waals surface area contributed by atoms with Gasteiger partial charge >= 0.3 is 0 Å². The topological polar surface area (TPSA) is 60.2 Å². The van der Waals surface area contributed by atoms with E-state index in [4.69, 9.17) is 4.74 Å². The molecular formula is C16H24N4O2. The molecule has 1 aromatic heterocycles. The molecule has 0 N–H and O–H groups in total. The molecule has 6 heteroatoms. The van der Waals surface area contributed by atoms with E-state index in [2.05, 4.69) is 24.2 Å². The monoisotopic (exact) mass is 304 g/mol. The SMILES string of the molecule is CC1(C)CN(C(=O)c2cn(C3CCOCC3)nn2)C1C1CC1. The zero-order chi connectivity index (χ0) is 15.3. The predicted octanol–water partition coefficient (Wildman–Crippen LogP) is 1.89. The number of nitrogens with zero attached hydrogens (tertiary/aromatic N) is 4. The van der Waals surface area contributed by atoms with E-state index in [9.17, 15) is 4.79 Å². The minimum atomic E-state index is 0.0505. The van der Waals surface area contributed by atoms with Crippen molar-refractivity contribution < 1.29 is 9.53 Å². The van der Waals surface area contributed by atoms with Crippen LogP contribution in [0.25, 0.3) is 0 Å². The summed E-state index contributed by atoms with van der Waals surface area (Å²) in [5, 5.41) is 8.32. The van der Waals surface area contributed by atoms with Gasteiger partial charge in [-0.1, -0.05) is 19.1 Å². The van der Waals surface area contributed by atoms with Crippen LogP contribution in [0.1, 0.15) is 56.1 Å². The lowest BCUT2D eigenvalue weighted by atomic mass is 9.72. The second kappa shape index (κ2) is 5.05. The van der Waals surface area contributed by atoms with Gasteiger partial charge in [0.05, 0.1) is 12.2 Å². The van der Waals surface area contributed by atoms with Crippen molar-refractivity contribution >= 4 is 5.91 Å². The van der Waals surface area contributed by atoms with Crippen molar-refractivity contribution in [2.24, 2.45) is 11.3 Å². The highest BCUT2D eigenvalue weighted by Gasteiger charge is 2.54. The number of carbonyl (C=O) groups is 1. The van der Waals surface area contributed by atoms with Crippen LogP contribution >= 0.6 is 0 Å². The zero-order valence-electron chi connectivity index (χ0n) is 13.4. The van der Waals surface area contributed by atoms with Gasteiger partial charge in [-0.3, -0.25) is 4.79 Å². The molecule has 2 aliphatic heterocycles. The zero-order valence-corrected chi connectivity index (χ0v) is 13.4. The van der Waals surface area contributed by atoms with E-state index in [1.165, 1.54) is 12.8 Å². The molecule has 0 aromatic carbocycles. The van der Waals surface area contributed by atoms with Crippen LogP contribution in [0.3, 0.4) is 0 Å². The summed E-state index contributed by atoms with van der Waals surface area (Å²) in [5.74, 6) is 0.743. The summed E-state index contributed by atoms with van der Waals surface area (Å²) in [7, 11) is 0. The van der Waals surface area contributed by atoms with Crippen LogP contribution in [0.5, 0.6) is 0 Å². The van der Waals surface area contributed by atoms with Crippen molar-refractivity contribution in [1.82, 2.24) is 19.9 Å². The van der Waals surface area contributed by atoms with Crippen molar-refractivity contribution in [2.45, 2.75) is 51.6 Å². The summed E-state index contributed by atoms with van der Waals surface area (Å²) in [5.41, 5.74) is 0.737. The first-order valence-electron chi connectivity index (χ1n) is 8.37. The molecule has 0 spiro atoms. The van der Waals surface area contributed by atoms with E-state index in [0.717, 1.165) is 32.6 Å². The van der Waals surface area contributed by atoms with Crippen molar-refractivity contribution in [1.29, 1.82) is 0 Å². The maximum Gasteiger partial charge on any atom is 0.276 e. The number of hydrogen-bond donors (Lipinski definition) is 0. The number of hydrogen-bond acceptors (Lipinski definition) is 4. The highest BCUT2D eigenvalue weighted by molar-refractivity contribution is 5.93. The van der Waals surface area contributed by atoms with Gasteiger partial charge in [-0.15, -0.1) is 5.10 Å². The summed E-state index contributed by atoms with van der Waals surface area (Å²) < 4.78 is 7.23. The van der Waals surface area contributed by atoms with Gasteiger partial charge in [0.1, 0.15) is 0 Å². The Morgan fingerprint density at radius 1 is 1.27 bits per heavy atom. The summed E-state index contributed by atoms with van der Waals surface area (Å²) in [6, 6.07) is 0.697. The summed E-state index contributed by atoms with van der Waals surface area (Å²) >= 11 is 0. The molecule has 6 nitrogen and oxygen atoms in total. The Bertz CT molecular complexity index is 572. The smallest absolute Gasteiger partial charge is 0.276 e. The Morgan fingerprint density at radius 2 is 2.00 bits per heavy atom. The molecule has 1 aliphatic carbocycles. The van der Waals surface area contributed by atoms with E-state index in [1.54, 1.807) is 0 Å². The van der Waals surface area contributed by atoms with Gasteiger partial charge in [0, 0.05) is 31.2 Å². The molecule has 22 heavy (non-hydrogen) atoms. The molecule has 3 aliphatic rings. The fourth-order valence-corrected chi connectivity index (χ4v) is 4.09. The molecule has 0 bridgehead atoms. The molecule has 0 radical (unpaired) electrons. The molecule has 2 saturated heterocycles. The van der Waals surface area contributed by atoms with Crippen molar-refractivity contribution in [3.05, 3.63) is 11.9 Å². The molecule has 1 amide bonds. The molecule has 3 heterocycles. The minimum absolute atomic E-state index is 0.0505. The number of carbonyl (C=O) groups excluding carboxylic acids is 1. The van der Waals surface area contributed by atoms with Crippen LogP contribution in [0.15, 0.2) is 6.20 Å². The van der Waals surface area contributed by atoms with Gasteiger partial charge in [0.15, 0.2) is 5.69 Å². The third-order valence-electron chi connectivity index (χ3n) is 5.34. The Balaban J connectivity index is 1.48. The molecule has 4 rings (SSSR count). The minimum Gasteiger partial charge on any atom is -0.381 e. The third-order valence-corrected chi connectivity index (χ3v) is 5.34. The quantitative estimate of drug-likeness (QED) is 0.855. The van der Waals surface area contributed by atoms with Gasteiger partial charge in [-0.2, -0.15) is 0 Å². The second-order valence-corrected chi connectivity index (χ2v) is 7.63. The summed E-state index contributed by atoms with van der Waals surface area (Å²) in [6.45, 7) is 6.88. The van der Waals surface area contributed by atoms with Crippen molar-refractivity contribution in [3.8, 4) is 0 Å². The normalized spacial score (nSPS) is 28.5. The molecule has 120 valence electrons.